The van der Waals surface area contributed by atoms with Crippen LogP contribution in [0.3, 0.4) is 0 Å². The van der Waals surface area contributed by atoms with E-state index in [1.165, 1.54) is 14.2 Å². The molecule has 0 saturated heterocycles. The quantitative estimate of drug-likeness (QED) is 0.749. The second kappa shape index (κ2) is 5.70. The predicted octanol–water partition coefficient (Wildman–Crippen LogP) is 1.12. The molecule has 0 aromatic carbocycles. The topological polar surface area (TPSA) is 64.6 Å². The van der Waals surface area contributed by atoms with Crippen LogP contribution in [0.5, 0.6) is 0 Å². The molecule has 0 radical (unpaired) electrons. The van der Waals surface area contributed by atoms with Crippen LogP contribution in [0.2, 0.25) is 0 Å². The lowest BCUT2D eigenvalue weighted by Gasteiger charge is -2.31. The van der Waals surface area contributed by atoms with Crippen LogP contribution >= 0.6 is 0 Å². The van der Waals surface area contributed by atoms with Gasteiger partial charge < -0.3 is 14.8 Å². The van der Waals surface area contributed by atoms with Gasteiger partial charge in [-0.2, -0.15) is 0 Å². The normalized spacial score (nSPS) is 13.1. The van der Waals surface area contributed by atoms with Crippen molar-refractivity contribution < 1.29 is 19.1 Å². The zero-order valence-electron chi connectivity index (χ0n) is 9.92. The van der Waals surface area contributed by atoms with Gasteiger partial charge >= 0.3 is 6.09 Å². The van der Waals surface area contributed by atoms with Crippen molar-refractivity contribution >= 4 is 11.9 Å². The number of methoxy groups -OCH3 is 2. The van der Waals surface area contributed by atoms with E-state index in [0.29, 0.717) is 6.42 Å². The van der Waals surface area contributed by atoms with Gasteiger partial charge in [-0.1, -0.05) is 6.92 Å². The van der Waals surface area contributed by atoms with Crippen molar-refractivity contribution in [3.63, 3.8) is 0 Å². The van der Waals surface area contributed by atoms with E-state index in [-0.39, 0.29) is 5.78 Å². The smallest absolute Gasteiger partial charge is 0.407 e. The Hall–Kier alpha value is -1.10. The molecule has 0 aromatic rings. The highest BCUT2D eigenvalue weighted by atomic mass is 16.5. The van der Waals surface area contributed by atoms with E-state index in [4.69, 9.17) is 4.74 Å². The van der Waals surface area contributed by atoms with Crippen LogP contribution in [-0.2, 0) is 14.3 Å². The summed E-state index contributed by atoms with van der Waals surface area (Å²) in [7, 11) is 2.75. The number of alkyl carbamates (subject to hydrolysis) is 1. The number of amides is 1. The fourth-order valence-corrected chi connectivity index (χ4v) is 1.14. The van der Waals surface area contributed by atoms with Gasteiger partial charge in [0.2, 0.25) is 0 Å². The van der Waals surface area contributed by atoms with Crippen molar-refractivity contribution in [1.29, 1.82) is 0 Å². The molecule has 1 unspecified atom stereocenters. The number of rotatable bonds is 5. The van der Waals surface area contributed by atoms with Crippen molar-refractivity contribution in [2.75, 3.05) is 14.2 Å². The predicted molar refractivity (Wildman–Crippen MR) is 55.7 cm³/mol. The maximum atomic E-state index is 11.6. The Bertz CT molecular complexity index is 238. The second-order valence-corrected chi connectivity index (χ2v) is 3.70. The monoisotopic (exact) mass is 217 g/mol. The molecule has 0 aliphatic carbocycles. The van der Waals surface area contributed by atoms with Gasteiger partial charge in [0.05, 0.1) is 12.7 Å². The first-order chi connectivity index (χ1) is 6.88. The Balaban J connectivity index is 4.73. The number of Topliss-reactive ketones (excluding diaryl/α,β-unsaturated/α-hetero) is 1. The Morgan fingerprint density at radius 3 is 2.20 bits per heavy atom. The fraction of sp³-hybridized carbons (Fsp3) is 0.800. The number of hydrogen-bond acceptors (Lipinski definition) is 4. The average Bonchev–Trinajstić information content (AvgIpc) is 2.24. The summed E-state index contributed by atoms with van der Waals surface area (Å²) in [6.07, 6.45) is -0.298. The minimum absolute atomic E-state index is 0.0905. The minimum Gasteiger partial charge on any atom is -0.453 e. The molecule has 0 aliphatic rings. The van der Waals surface area contributed by atoms with Crippen LogP contribution < -0.4 is 5.32 Å². The van der Waals surface area contributed by atoms with Crippen LogP contribution in [0.25, 0.3) is 0 Å². The SMILES string of the molecule is CCC(=O)C(NC(=O)OC)C(C)(C)OC. The van der Waals surface area contributed by atoms with E-state index in [1.807, 2.05) is 0 Å². The zero-order valence-corrected chi connectivity index (χ0v) is 9.92. The summed E-state index contributed by atoms with van der Waals surface area (Å²) in [5, 5.41) is 2.47. The van der Waals surface area contributed by atoms with Gasteiger partial charge in [0, 0.05) is 13.5 Å². The second-order valence-electron chi connectivity index (χ2n) is 3.70. The molecule has 0 aliphatic heterocycles. The minimum atomic E-state index is -0.749. The molecule has 0 fully saturated rings. The van der Waals surface area contributed by atoms with Gasteiger partial charge in [-0.15, -0.1) is 0 Å². The van der Waals surface area contributed by atoms with Crippen molar-refractivity contribution in [3.8, 4) is 0 Å². The molecule has 0 rings (SSSR count). The van der Waals surface area contributed by atoms with Gasteiger partial charge in [-0.25, -0.2) is 4.79 Å². The molecule has 5 heteroatoms. The standard InChI is InChI=1S/C10H19NO4/c1-6-7(12)8(10(2,3)15-5)11-9(13)14-4/h8H,6H2,1-5H3,(H,11,13). The lowest BCUT2D eigenvalue weighted by atomic mass is 9.93. The maximum absolute atomic E-state index is 11.6. The van der Waals surface area contributed by atoms with E-state index in [2.05, 4.69) is 10.1 Å². The van der Waals surface area contributed by atoms with Crippen molar-refractivity contribution in [2.24, 2.45) is 0 Å². The molecule has 88 valence electrons. The molecule has 1 atom stereocenters. The maximum Gasteiger partial charge on any atom is 0.407 e. The summed E-state index contributed by atoms with van der Waals surface area (Å²) in [6, 6.07) is -0.694. The van der Waals surface area contributed by atoms with Crippen LogP contribution in [0.15, 0.2) is 0 Å². The molecule has 5 nitrogen and oxygen atoms in total. The fourth-order valence-electron chi connectivity index (χ4n) is 1.14. The Morgan fingerprint density at radius 1 is 1.33 bits per heavy atom. The number of nitrogens with one attached hydrogen (secondary N) is 1. The highest BCUT2D eigenvalue weighted by molar-refractivity contribution is 5.88. The number of carbonyl (C=O) groups excluding carboxylic acids is 2. The first kappa shape index (κ1) is 13.9. The van der Waals surface area contributed by atoms with Gasteiger partial charge in [0.1, 0.15) is 6.04 Å². The van der Waals surface area contributed by atoms with E-state index >= 15 is 0 Å². The van der Waals surface area contributed by atoms with Gasteiger partial charge in [0.25, 0.3) is 0 Å². The molecule has 0 spiro atoms. The molecular formula is C10H19NO4. The summed E-state index contributed by atoms with van der Waals surface area (Å²) in [4.78, 5) is 22.7. The molecule has 0 saturated carbocycles. The third kappa shape index (κ3) is 3.87. The summed E-state index contributed by atoms with van der Waals surface area (Å²) < 4.78 is 9.63. The molecule has 1 N–H and O–H groups in total. The van der Waals surface area contributed by atoms with Gasteiger partial charge in [-0.05, 0) is 13.8 Å². The Kier molecular flexibility index (Phi) is 5.28. The van der Waals surface area contributed by atoms with Gasteiger partial charge in [-0.3, -0.25) is 4.79 Å². The van der Waals surface area contributed by atoms with Crippen LogP contribution in [-0.4, -0.2) is 37.7 Å². The number of ketones is 1. The number of ether oxygens (including phenoxy) is 2. The molecule has 0 bridgehead atoms. The van der Waals surface area contributed by atoms with Crippen molar-refractivity contribution in [3.05, 3.63) is 0 Å². The molecular weight excluding hydrogens is 198 g/mol. The average molecular weight is 217 g/mol. The van der Waals surface area contributed by atoms with Crippen LogP contribution in [0.1, 0.15) is 27.2 Å². The molecule has 1 amide bonds. The summed E-state index contributed by atoms with van der Waals surface area (Å²) in [5.41, 5.74) is -0.749. The zero-order chi connectivity index (χ0) is 12.1. The summed E-state index contributed by atoms with van der Waals surface area (Å²) >= 11 is 0. The van der Waals surface area contributed by atoms with Crippen LogP contribution in [0.4, 0.5) is 4.79 Å². The third-order valence-corrected chi connectivity index (χ3v) is 2.34. The lowest BCUT2D eigenvalue weighted by Crippen LogP contribution is -2.54. The largest absolute Gasteiger partial charge is 0.453 e. The van der Waals surface area contributed by atoms with Gasteiger partial charge in [0.15, 0.2) is 5.78 Å². The van der Waals surface area contributed by atoms with E-state index < -0.39 is 17.7 Å². The Labute approximate surface area is 90.1 Å². The summed E-state index contributed by atoms with van der Waals surface area (Å²) in [6.45, 7) is 5.21. The highest BCUT2D eigenvalue weighted by Crippen LogP contribution is 2.15. The van der Waals surface area contributed by atoms with Crippen LogP contribution in [0, 0.1) is 0 Å². The first-order valence-corrected chi connectivity index (χ1v) is 4.81. The first-order valence-electron chi connectivity index (χ1n) is 4.81. The Morgan fingerprint density at radius 2 is 1.87 bits per heavy atom. The van der Waals surface area contributed by atoms with E-state index in [0.717, 1.165) is 0 Å². The highest BCUT2D eigenvalue weighted by Gasteiger charge is 2.35. The lowest BCUT2D eigenvalue weighted by molar-refractivity contribution is -0.127. The van der Waals surface area contributed by atoms with E-state index in [9.17, 15) is 9.59 Å². The molecule has 15 heavy (non-hydrogen) atoms. The van der Waals surface area contributed by atoms with E-state index in [1.54, 1.807) is 20.8 Å². The van der Waals surface area contributed by atoms with Crippen molar-refractivity contribution in [2.45, 2.75) is 38.8 Å². The van der Waals surface area contributed by atoms with Crippen molar-refractivity contribution in [1.82, 2.24) is 5.32 Å². The molecule has 0 aromatic heterocycles. The molecule has 0 heterocycles. The third-order valence-electron chi connectivity index (χ3n) is 2.34. The number of hydrogen-bond donors (Lipinski definition) is 1. The number of carbonyl (C=O) groups is 2. The summed E-state index contributed by atoms with van der Waals surface area (Å²) in [5.74, 6) is -0.0905.